The van der Waals surface area contributed by atoms with E-state index in [1.54, 1.807) is 16.8 Å². The Balaban J connectivity index is 1.30. The number of rotatable bonds is 5. The SMILES string of the molecule is O=C(c1cn2cccnc2n1)N1CCCN(CCCc2ccccc2)CC1. The number of amides is 1. The van der Waals surface area contributed by atoms with Crippen molar-refractivity contribution in [2.45, 2.75) is 19.3 Å². The molecule has 1 aromatic carbocycles. The van der Waals surface area contributed by atoms with E-state index in [1.807, 2.05) is 17.2 Å². The van der Waals surface area contributed by atoms with Crippen LogP contribution in [0, 0.1) is 0 Å². The summed E-state index contributed by atoms with van der Waals surface area (Å²) in [7, 11) is 0. The van der Waals surface area contributed by atoms with Crippen molar-refractivity contribution in [1.82, 2.24) is 24.2 Å². The highest BCUT2D eigenvalue weighted by Gasteiger charge is 2.22. The molecule has 0 atom stereocenters. The first-order valence-corrected chi connectivity index (χ1v) is 9.65. The van der Waals surface area contributed by atoms with Gasteiger partial charge >= 0.3 is 0 Å². The van der Waals surface area contributed by atoms with E-state index in [-0.39, 0.29) is 5.91 Å². The molecule has 1 fully saturated rings. The smallest absolute Gasteiger partial charge is 0.274 e. The van der Waals surface area contributed by atoms with E-state index in [4.69, 9.17) is 0 Å². The second kappa shape index (κ2) is 8.31. The topological polar surface area (TPSA) is 53.7 Å². The molecule has 2 aromatic heterocycles. The number of aryl methyl sites for hydroxylation is 1. The molecule has 0 unspecified atom stereocenters. The Morgan fingerprint density at radius 3 is 2.78 bits per heavy atom. The Hall–Kier alpha value is -2.73. The molecule has 3 aromatic rings. The minimum absolute atomic E-state index is 0.00614. The van der Waals surface area contributed by atoms with Crippen molar-refractivity contribution in [3.8, 4) is 0 Å². The second-order valence-electron chi connectivity index (χ2n) is 7.03. The van der Waals surface area contributed by atoms with Gasteiger partial charge in [0.2, 0.25) is 5.78 Å². The van der Waals surface area contributed by atoms with Crippen LogP contribution in [0.2, 0.25) is 0 Å². The van der Waals surface area contributed by atoms with Gasteiger partial charge in [-0.05, 0) is 44.0 Å². The van der Waals surface area contributed by atoms with Crippen LogP contribution in [0.25, 0.3) is 5.78 Å². The zero-order valence-corrected chi connectivity index (χ0v) is 15.5. The highest BCUT2D eigenvalue weighted by Crippen LogP contribution is 2.11. The standard InChI is InChI=1S/C21H25N5O/c27-20(19-17-26-13-5-10-22-21(26)23-19)25-14-6-12-24(15-16-25)11-4-9-18-7-2-1-3-8-18/h1-3,5,7-8,10,13,17H,4,6,9,11-12,14-16H2. The molecule has 0 bridgehead atoms. The third kappa shape index (κ3) is 4.34. The number of imidazole rings is 1. The summed E-state index contributed by atoms with van der Waals surface area (Å²) in [5.41, 5.74) is 1.87. The average Bonchev–Trinajstić information content (AvgIpc) is 3.00. The molecule has 1 aliphatic rings. The van der Waals surface area contributed by atoms with Crippen LogP contribution in [0.5, 0.6) is 0 Å². The van der Waals surface area contributed by atoms with Gasteiger partial charge in [0.05, 0.1) is 0 Å². The van der Waals surface area contributed by atoms with Gasteiger partial charge < -0.3 is 9.80 Å². The first-order chi connectivity index (χ1) is 13.3. The number of fused-ring (bicyclic) bond motifs is 1. The Labute approximate surface area is 159 Å². The molecule has 4 rings (SSSR count). The molecule has 6 nitrogen and oxygen atoms in total. The Kier molecular flexibility index (Phi) is 5.44. The zero-order chi connectivity index (χ0) is 18.5. The number of carbonyl (C=O) groups is 1. The quantitative estimate of drug-likeness (QED) is 0.699. The average molecular weight is 363 g/mol. The summed E-state index contributed by atoms with van der Waals surface area (Å²) >= 11 is 0. The highest BCUT2D eigenvalue weighted by molar-refractivity contribution is 5.92. The van der Waals surface area contributed by atoms with Crippen LogP contribution >= 0.6 is 0 Å². The van der Waals surface area contributed by atoms with Gasteiger partial charge in [0.25, 0.3) is 5.91 Å². The second-order valence-corrected chi connectivity index (χ2v) is 7.03. The van der Waals surface area contributed by atoms with E-state index < -0.39 is 0 Å². The van der Waals surface area contributed by atoms with Crippen molar-refractivity contribution in [3.63, 3.8) is 0 Å². The highest BCUT2D eigenvalue weighted by atomic mass is 16.2. The summed E-state index contributed by atoms with van der Waals surface area (Å²) in [4.78, 5) is 25.8. The van der Waals surface area contributed by atoms with Gasteiger partial charge in [-0.2, -0.15) is 0 Å². The molecular weight excluding hydrogens is 338 g/mol. The maximum absolute atomic E-state index is 12.8. The van der Waals surface area contributed by atoms with Gasteiger partial charge in [-0.15, -0.1) is 0 Å². The maximum Gasteiger partial charge on any atom is 0.274 e. The fraction of sp³-hybridized carbons (Fsp3) is 0.381. The van der Waals surface area contributed by atoms with E-state index in [0.717, 1.165) is 52.0 Å². The minimum atomic E-state index is 0.00614. The van der Waals surface area contributed by atoms with Crippen LogP contribution in [0.1, 0.15) is 28.9 Å². The van der Waals surface area contributed by atoms with E-state index in [9.17, 15) is 4.79 Å². The summed E-state index contributed by atoms with van der Waals surface area (Å²) in [6.07, 6.45) is 8.58. The third-order valence-corrected chi connectivity index (χ3v) is 5.11. The van der Waals surface area contributed by atoms with Crippen molar-refractivity contribution in [2.75, 3.05) is 32.7 Å². The van der Waals surface area contributed by atoms with Gasteiger partial charge in [0.15, 0.2) is 0 Å². The Morgan fingerprint density at radius 1 is 1.04 bits per heavy atom. The number of hydrogen-bond donors (Lipinski definition) is 0. The van der Waals surface area contributed by atoms with E-state index in [0.29, 0.717) is 11.5 Å². The van der Waals surface area contributed by atoms with Gasteiger partial charge in [-0.1, -0.05) is 30.3 Å². The van der Waals surface area contributed by atoms with Crippen LogP contribution in [0.15, 0.2) is 55.0 Å². The molecule has 1 aliphatic heterocycles. The molecular formula is C21H25N5O. The number of nitrogens with zero attached hydrogens (tertiary/aromatic N) is 5. The molecule has 0 spiro atoms. The predicted molar refractivity (Wildman–Crippen MR) is 105 cm³/mol. The molecule has 0 radical (unpaired) electrons. The molecule has 1 amide bonds. The lowest BCUT2D eigenvalue weighted by Crippen LogP contribution is -2.35. The van der Waals surface area contributed by atoms with Crippen LogP contribution in [-0.4, -0.2) is 62.8 Å². The minimum Gasteiger partial charge on any atom is -0.336 e. The van der Waals surface area contributed by atoms with Crippen LogP contribution < -0.4 is 0 Å². The zero-order valence-electron chi connectivity index (χ0n) is 15.5. The number of hydrogen-bond acceptors (Lipinski definition) is 4. The number of aromatic nitrogens is 3. The molecule has 0 aliphatic carbocycles. The first-order valence-electron chi connectivity index (χ1n) is 9.65. The van der Waals surface area contributed by atoms with Gasteiger partial charge in [-0.25, -0.2) is 9.97 Å². The third-order valence-electron chi connectivity index (χ3n) is 5.11. The fourth-order valence-corrected chi connectivity index (χ4v) is 3.64. The molecule has 6 heteroatoms. The lowest BCUT2D eigenvalue weighted by Gasteiger charge is -2.21. The van der Waals surface area contributed by atoms with Crippen LogP contribution in [0.4, 0.5) is 0 Å². The summed E-state index contributed by atoms with van der Waals surface area (Å²) in [5, 5.41) is 0. The van der Waals surface area contributed by atoms with Crippen molar-refractivity contribution >= 4 is 11.7 Å². The summed E-state index contributed by atoms with van der Waals surface area (Å²) in [6.45, 7) is 4.59. The first kappa shape index (κ1) is 17.7. The van der Waals surface area contributed by atoms with Crippen molar-refractivity contribution in [2.24, 2.45) is 0 Å². The molecule has 1 saturated heterocycles. The summed E-state index contributed by atoms with van der Waals surface area (Å²) in [5.74, 6) is 0.574. The van der Waals surface area contributed by atoms with Crippen LogP contribution in [-0.2, 0) is 6.42 Å². The van der Waals surface area contributed by atoms with Gasteiger partial charge in [0.1, 0.15) is 5.69 Å². The van der Waals surface area contributed by atoms with E-state index in [1.165, 1.54) is 5.56 Å². The summed E-state index contributed by atoms with van der Waals surface area (Å²) in [6, 6.07) is 12.5. The lowest BCUT2D eigenvalue weighted by molar-refractivity contribution is 0.0756. The van der Waals surface area contributed by atoms with Crippen LogP contribution in [0.3, 0.4) is 0 Å². The number of benzene rings is 1. The van der Waals surface area contributed by atoms with Gasteiger partial charge in [-0.3, -0.25) is 9.20 Å². The van der Waals surface area contributed by atoms with E-state index in [2.05, 4.69) is 45.2 Å². The Bertz CT molecular complexity index is 859. The lowest BCUT2D eigenvalue weighted by atomic mass is 10.1. The molecule has 0 N–H and O–H groups in total. The predicted octanol–water partition coefficient (Wildman–Crippen LogP) is 2.51. The monoisotopic (exact) mass is 363 g/mol. The van der Waals surface area contributed by atoms with Crippen molar-refractivity contribution in [1.29, 1.82) is 0 Å². The number of carbonyl (C=O) groups excluding carboxylic acids is 1. The van der Waals surface area contributed by atoms with Gasteiger partial charge in [0, 0.05) is 38.2 Å². The largest absolute Gasteiger partial charge is 0.336 e. The molecule has 140 valence electrons. The molecule has 3 heterocycles. The molecule has 0 saturated carbocycles. The summed E-state index contributed by atoms with van der Waals surface area (Å²) < 4.78 is 1.79. The van der Waals surface area contributed by atoms with Crippen molar-refractivity contribution < 1.29 is 4.79 Å². The Morgan fingerprint density at radius 2 is 1.93 bits per heavy atom. The molecule has 27 heavy (non-hydrogen) atoms. The fourth-order valence-electron chi connectivity index (χ4n) is 3.64. The van der Waals surface area contributed by atoms with Crippen molar-refractivity contribution in [3.05, 3.63) is 66.2 Å². The van der Waals surface area contributed by atoms with E-state index >= 15 is 0 Å². The normalized spacial score (nSPS) is 15.8. The maximum atomic E-state index is 12.8.